The third-order valence-electron chi connectivity index (χ3n) is 3.51. The highest BCUT2D eigenvalue weighted by atomic mass is 32.1. The van der Waals surface area contributed by atoms with Gasteiger partial charge in [-0.2, -0.15) is 0 Å². The van der Waals surface area contributed by atoms with Crippen LogP contribution in [-0.2, 0) is 11.3 Å². The number of hydrogen-bond donors (Lipinski definition) is 1. The van der Waals surface area contributed by atoms with E-state index < -0.39 is 0 Å². The minimum Gasteiger partial charge on any atom is -0.349 e. The number of rotatable bonds is 4. The SMILES string of the molecule is Cc1csc(CNC(=O)[C@H]2C[C@@H]2c2ccc(F)cc2)n1. The maximum Gasteiger partial charge on any atom is 0.224 e. The Labute approximate surface area is 120 Å². The molecule has 0 saturated heterocycles. The Hall–Kier alpha value is -1.75. The largest absolute Gasteiger partial charge is 0.349 e. The summed E-state index contributed by atoms with van der Waals surface area (Å²) in [5.74, 6) is 0.0665. The predicted octanol–water partition coefficient (Wildman–Crippen LogP) is 3.01. The third-order valence-corrected chi connectivity index (χ3v) is 4.47. The molecule has 2 aromatic rings. The quantitative estimate of drug-likeness (QED) is 0.940. The summed E-state index contributed by atoms with van der Waals surface area (Å²) in [7, 11) is 0. The van der Waals surface area contributed by atoms with Crippen molar-refractivity contribution in [2.45, 2.75) is 25.8 Å². The fourth-order valence-corrected chi connectivity index (χ4v) is 3.05. The molecule has 3 nitrogen and oxygen atoms in total. The summed E-state index contributed by atoms with van der Waals surface area (Å²) in [6.45, 7) is 2.43. The van der Waals surface area contributed by atoms with Gasteiger partial charge in [-0.3, -0.25) is 4.79 Å². The van der Waals surface area contributed by atoms with Crippen LogP contribution in [0.3, 0.4) is 0 Å². The van der Waals surface area contributed by atoms with Crippen molar-refractivity contribution in [3.63, 3.8) is 0 Å². The van der Waals surface area contributed by atoms with E-state index in [0.717, 1.165) is 22.7 Å². The predicted molar refractivity (Wildman–Crippen MR) is 75.9 cm³/mol. The second-order valence-corrected chi connectivity index (χ2v) is 6.04. The molecule has 5 heteroatoms. The number of aryl methyl sites for hydroxylation is 1. The van der Waals surface area contributed by atoms with E-state index in [0.29, 0.717) is 6.54 Å². The van der Waals surface area contributed by atoms with E-state index in [-0.39, 0.29) is 23.6 Å². The summed E-state index contributed by atoms with van der Waals surface area (Å²) in [6.07, 6.45) is 0.842. The van der Waals surface area contributed by atoms with E-state index in [9.17, 15) is 9.18 Å². The van der Waals surface area contributed by atoms with Crippen molar-refractivity contribution in [1.82, 2.24) is 10.3 Å². The fraction of sp³-hybridized carbons (Fsp3) is 0.333. The summed E-state index contributed by atoms with van der Waals surface area (Å²) < 4.78 is 12.9. The maximum atomic E-state index is 12.9. The van der Waals surface area contributed by atoms with Gasteiger partial charge in [-0.1, -0.05) is 12.1 Å². The zero-order valence-corrected chi connectivity index (χ0v) is 11.9. The number of benzene rings is 1. The molecular formula is C15H15FN2OS. The Balaban J connectivity index is 1.53. The van der Waals surface area contributed by atoms with Gasteiger partial charge in [0, 0.05) is 17.0 Å². The Kier molecular flexibility index (Phi) is 3.53. The molecule has 1 aromatic carbocycles. The standard InChI is InChI=1S/C15H15FN2OS/c1-9-8-20-14(18-9)7-17-15(19)13-6-12(13)10-2-4-11(16)5-3-10/h2-5,8,12-13H,6-7H2,1H3,(H,17,19)/t12-,13+/m1/s1. The van der Waals surface area contributed by atoms with Crippen LogP contribution in [0.15, 0.2) is 29.6 Å². The van der Waals surface area contributed by atoms with Gasteiger partial charge in [-0.15, -0.1) is 11.3 Å². The van der Waals surface area contributed by atoms with E-state index in [2.05, 4.69) is 10.3 Å². The molecule has 104 valence electrons. The van der Waals surface area contributed by atoms with Gasteiger partial charge >= 0.3 is 0 Å². The van der Waals surface area contributed by atoms with Crippen molar-refractivity contribution in [2.24, 2.45) is 5.92 Å². The minimum absolute atomic E-state index is 0.0153. The number of nitrogens with zero attached hydrogens (tertiary/aromatic N) is 1. The van der Waals surface area contributed by atoms with Crippen LogP contribution in [0.4, 0.5) is 4.39 Å². The zero-order valence-electron chi connectivity index (χ0n) is 11.1. The average Bonchev–Trinajstić information content (AvgIpc) is 3.13. The molecule has 0 aliphatic heterocycles. The van der Waals surface area contributed by atoms with Crippen LogP contribution in [0.1, 0.15) is 28.6 Å². The molecule has 0 radical (unpaired) electrons. The number of carbonyl (C=O) groups excluding carboxylic acids is 1. The van der Waals surface area contributed by atoms with Gasteiger partial charge in [0.1, 0.15) is 10.8 Å². The topological polar surface area (TPSA) is 42.0 Å². The van der Waals surface area contributed by atoms with Crippen molar-refractivity contribution in [1.29, 1.82) is 0 Å². The Morgan fingerprint density at radius 2 is 2.20 bits per heavy atom. The van der Waals surface area contributed by atoms with Crippen LogP contribution >= 0.6 is 11.3 Å². The summed E-state index contributed by atoms with van der Waals surface area (Å²) in [5, 5.41) is 5.82. The molecule has 1 aliphatic rings. The maximum absolute atomic E-state index is 12.9. The molecule has 0 spiro atoms. The Morgan fingerprint density at radius 1 is 1.45 bits per heavy atom. The van der Waals surface area contributed by atoms with Gasteiger partial charge in [-0.25, -0.2) is 9.37 Å². The van der Waals surface area contributed by atoms with Gasteiger partial charge in [0.2, 0.25) is 5.91 Å². The molecule has 1 heterocycles. The number of carbonyl (C=O) groups is 1. The minimum atomic E-state index is -0.241. The first-order chi connectivity index (χ1) is 9.63. The van der Waals surface area contributed by atoms with Crippen LogP contribution in [0.2, 0.25) is 0 Å². The van der Waals surface area contributed by atoms with E-state index in [4.69, 9.17) is 0 Å². The molecule has 0 unspecified atom stereocenters. The summed E-state index contributed by atoms with van der Waals surface area (Å²) in [4.78, 5) is 16.3. The fourth-order valence-electron chi connectivity index (χ4n) is 2.34. The van der Waals surface area contributed by atoms with E-state index >= 15 is 0 Å². The number of thiazole rings is 1. The highest BCUT2D eigenvalue weighted by Gasteiger charge is 2.43. The van der Waals surface area contributed by atoms with Crippen molar-refractivity contribution >= 4 is 17.2 Å². The lowest BCUT2D eigenvalue weighted by molar-refractivity contribution is -0.122. The normalized spacial score (nSPS) is 20.7. The molecule has 1 N–H and O–H groups in total. The van der Waals surface area contributed by atoms with Crippen LogP contribution in [0, 0.1) is 18.7 Å². The van der Waals surface area contributed by atoms with Crippen molar-refractivity contribution in [3.8, 4) is 0 Å². The molecular weight excluding hydrogens is 275 g/mol. The van der Waals surface area contributed by atoms with Gasteiger partial charge in [0.25, 0.3) is 0 Å². The number of halogens is 1. The lowest BCUT2D eigenvalue weighted by atomic mass is 10.1. The summed E-state index contributed by atoms with van der Waals surface area (Å²) in [6, 6.07) is 6.41. The van der Waals surface area contributed by atoms with Gasteiger partial charge < -0.3 is 5.32 Å². The lowest BCUT2D eigenvalue weighted by Gasteiger charge is -2.03. The van der Waals surface area contributed by atoms with Gasteiger partial charge in [0.15, 0.2) is 0 Å². The Morgan fingerprint density at radius 3 is 2.85 bits per heavy atom. The lowest BCUT2D eigenvalue weighted by Crippen LogP contribution is -2.24. The number of hydrogen-bond acceptors (Lipinski definition) is 3. The number of nitrogens with one attached hydrogen (secondary N) is 1. The van der Waals surface area contributed by atoms with Crippen LogP contribution in [0.25, 0.3) is 0 Å². The molecule has 1 saturated carbocycles. The molecule has 2 atom stereocenters. The molecule has 1 fully saturated rings. The summed E-state index contributed by atoms with van der Waals surface area (Å²) in [5.41, 5.74) is 2.02. The molecule has 1 aromatic heterocycles. The number of amides is 1. The smallest absolute Gasteiger partial charge is 0.224 e. The van der Waals surface area contributed by atoms with Crippen molar-refractivity contribution < 1.29 is 9.18 Å². The average molecular weight is 290 g/mol. The molecule has 1 amide bonds. The zero-order chi connectivity index (χ0) is 14.1. The monoisotopic (exact) mass is 290 g/mol. The Bertz CT molecular complexity index is 623. The third kappa shape index (κ3) is 2.88. The van der Waals surface area contributed by atoms with Crippen molar-refractivity contribution in [2.75, 3.05) is 0 Å². The van der Waals surface area contributed by atoms with Crippen molar-refractivity contribution in [3.05, 3.63) is 51.7 Å². The second-order valence-electron chi connectivity index (χ2n) is 5.10. The van der Waals surface area contributed by atoms with Gasteiger partial charge in [0.05, 0.1) is 6.54 Å². The number of aromatic nitrogens is 1. The molecule has 3 rings (SSSR count). The summed E-state index contributed by atoms with van der Waals surface area (Å²) >= 11 is 1.55. The van der Waals surface area contributed by atoms with Crippen LogP contribution < -0.4 is 5.32 Å². The second kappa shape index (κ2) is 5.32. The van der Waals surface area contributed by atoms with Crippen LogP contribution in [0.5, 0.6) is 0 Å². The highest BCUT2D eigenvalue weighted by Crippen LogP contribution is 2.47. The molecule has 20 heavy (non-hydrogen) atoms. The van der Waals surface area contributed by atoms with E-state index in [1.54, 1.807) is 23.5 Å². The van der Waals surface area contributed by atoms with E-state index in [1.165, 1.54) is 12.1 Å². The molecule has 0 bridgehead atoms. The first-order valence-electron chi connectivity index (χ1n) is 6.57. The highest BCUT2D eigenvalue weighted by molar-refractivity contribution is 7.09. The van der Waals surface area contributed by atoms with E-state index in [1.807, 2.05) is 12.3 Å². The first kappa shape index (κ1) is 13.2. The first-order valence-corrected chi connectivity index (χ1v) is 7.45. The van der Waals surface area contributed by atoms with Crippen LogP contribution in [-0.4, -0.2) is 10.9 Å². The van der Waals surface area contributed by atoms with Gasteiger partial charge in [-0.05, 0) is 37.0 Å². The molecule has 1 aliphatic carbocycles.